The molecule has 0 aromatic heterocycles. The van der Waals surface area contributed by atoms with Crippen molar-refractivity contribution >= 4 is 18.5 Å². The van der Waals surface area contributed by atoms with Gasteiger partial charge in [0.2, 0.25) is 0 Å². The molecule has 2 fully saturated rings. The van der Waals surface area contributed by atoms with Crippen LogP contribution < -0.4 is 10.6 Å². The molecule has 0 bridgehead atoms. The highest BCUT2D eigenvalue weighted by Gasteiger charge is 2.45. The van der Waals surface area contributed by atoms with Crippen molar-refractivity contribution in [2.75, 3.05) is 32.8 Å². The summed E-state index contributed by atoms with van der Waals surface area (Å²) in [5, 5.41) is 6.32. The van der Waals surface area contributed by atoms with Gasteiger partial charge < -0.3 is 20.1 Å². The summed E-state index contributed by atoms with van der Waals surface area (Å²) in [5.74, 6) is 0.501. The second-order valence-electron chi connectivity index (χ2n) is 6.37. The Bertz CT molecular complexity index is 320. The molecule has 1 amide bonds. The van der Waals surface area contributed by atoms with Crippen molar-refractivity contribution in [1.82, 2.24) is 10.6 Å². The van der Waals surface area contributed by atoms with Crippen LogP contribution in [0.1, 0.15) is 27.2 Å². The molecule has 0 radical (unpaired) electrons. The summed E-state index contributed by atoms with van der Waals surface area (Å²) >= 11 is 0. The van der Waals surface area contributed by atoms with Crippen molar-refractivity contribution < 1.29 is 14.3 Å². The molecule has 6 heteroatoms. The quantitative estimate of drug-likeness (QED) is 0.811. The van der Waals surface area contributed by atoms with Gasteiger partial charge in [-0.25, -0.2) is 4.79 Å². The van der Waals surface area contributed by atoms with Crippen molar-refractivity contribution in [2.24, 2.45) is 11.3 Å². The van der Waals surface area contributed by atoms with Crippen LogP contribution in [-0.4, -0.2) is 44.5 Å². The molecule has 0 spiro atoms. The molecule has 2 aliphatic rings. The summed E-state index contributed by atoms with van der Waals surface area (Å²) in [6.07, 6.45) is 0.675. The van der Waals surface area contributed by atoms with Gasteiger partial charge in [-0.15, -0.1) is 12.4 Å². The van der Waals surface area contributed by atoms with Gasteiger partial charge in [-0.05, 0) is 27.2 Å². The molecule has 2 heterocycles. The zero-order valence-electron chi connectivity index (χ0n) is 12.0. The van der Waals surface area contributed by atoms with Gasteiger partial charge in [0.25, 0.3) is 0 Å². The van der Waals surface area contributed by atoms with E-state index in [0.717, 1.165) is 32.7 Å². The minimum Gasteiger partial charge on any atom is -0.444 e. The van der Waals surface area contributed by atoms with Crippen molar-refractivity contribution in [1.29, 1.82) is 0 Å². The first-order valence-electron chi connectivity index (χ1n) is 6.67. The van der Waals surface area contributed by atoms with E-state index in [4.69, 9.17) is 9.47 Å². The lowest BCUT2D eigenvalue weighted by atomic mass is 9.74. The van der Waals surface area contributed by atoms with Crippen LogP contribution in [0.3, 0.4) is 0 Å². The van der Waals surface area contributed by atoms with Gasteiger partial charge in [-0.3, -0.25) is 0 Å². The molecule has 19 heavy (non-hydrogen) atoms. The van der Waals surface area contributed by atoms with E-state index < -0.39 is 5.60 Å². The van der Waals surface area contributed by atoms with E-state index in [9.17, 15) is 4.79 Å². The molecule has 2 N–H and O–H groups in total. The average molecular weight is 293 g/mol. The van der Waals surface area contributed by atoms with Gasteiger partial charge >= 0.3 is 6.09 Å². The van der Waals surface area contributed by atoms with Crippen LogP contribution in [0.25, 0.3) is 0 Å². The van der Waals surface area contributed by atoms with Crippen LogP contribution in [0.4, 0.5) is 4.79 Å². The fourth-order valence-electron chi connectivity index (χ4n) is 2.74. The SMILES string of the molecule is CC(C)(C)OC(=O)NCC12CCOCC1CNC2.Cl. The van der Waals surface area contributed by atoms with Crippen LogP contribution in [0.15, 0.2) is 0 Å². The van der Waals surface area contributed by atoms with E-state index in [1.807, 2.05) is 20.8 Å². The molecule has 112 valence electrons. The summed E-state index contributed by atoms with van der Waals surface area (Å²) in [4.78, 5) is 11.7. The number of ether oxygens (including phenoxy) is 2. The minimum absolute atomic E-state index is 0. The third-order valence-electron chi connectivity index (χ3n) is 3.78. The number of hydrogen-bond acceptors (Lipinski definition) is 4. The third kappa shape index (κ3) is 4.23. The van der Waals surface area contributed by atoms with Gasteiger partial charge in [0.15, 0.2) is 0 Å². The number of rotatable bonds is 2. The highest BCUT2D eigenvalue weighted by atomic mass is 35.5. The normalized spacial score (nSPS) is 30.2. The fourth-order valence-corrected chi connectivity index (χ4v) is 2.74. The van der Waals surface area contributed by atoms with Gasteiger partial charge in [0, 0.05) is 37.6 Å². The molecule has 0 aromatic carbocycles. The molecule has 2 atom stereocenters. The summed E-state index contributed by atoms with van der Waals surface area (Å²) < 4.78 is 10.8. The number of fused-ring (bicyclic) bond motifs is 1. The molecule has 0 aliphatic carbocycles. The van der Waals surface area contributed by atoms with Crippen molar-refractivity contribution in [3.05, 3.63) is 0 Å². The lowest BCUT2D eigenvalue weighted by molar-refractivity contribution is -0.0162. The number of hydrogen-bond donors (Lipinski definition) is 2. The lowest BCUT2D eigenvalue weighted by Gasteiger charge is -2.38. The Morgan fingerprint density at radius 2 is 2.26 bits per heavy atom. The molecule has 2 unspecified atom stereocenters. The summed E-state index contributed by atoms with van der Waals surface area (Å²) in [5.41, 5.74) is -0.292. The number of carbonyl (C=O) groups is 1. The van der Waals surface area contributed by atoms with Crippen LogP contribution >= 0.6 is 12.4 Å². The molecular weight excluding hydrogens is 268 g/mol. The Kier molecular flexibility index (Phi) is 5.47. The second-order valence-corrected chi connectivity index (χ2v) is 6.37. The Balaban J connectivity index is 0.00000180. The zero-order chi connectivity index (χ0) is 13.2. The molecule has 5 nitrogen and oxygen atoms in total. The molecule has 0 saturated carbocycles. The highest BCUT2D eigenvalue weighted by molar-refractivity contribution is 5.85. The Morgan fingerprint density at radius 1 is 1.53 bits per heavy atom. The van der Waals surface area contributed by atoms with E-state index in [1.54, 1.807) is 0 Å². The lowest BCUT2D eigenvalue weighted by Crippen LogP contribution is -2.48. The smallest absolute Gasteiger partial charge is 0.407 e. The predicted octanol–water partition coefficient (Wildman–Crippen LogP) is 1.56. The maximum atomic E-state index is 11.7. The number of halogens is 1. The maximum Gasteiger partial charge on any atom is 0.407 e. The van der Waals surface area contributed by atoms with Crippen molar-refractivity contribution in [2.45, 2.75) is 32.8 Å². The summed E-state index contributed by atoms with van der Waals surface area (Å²) in [6, 6.07) is 0. The average Bonchev–Trinajstić information content (AvgIpc) is 2.68. The minimum atomic E-state index is -0.440. The Labute approximate surface area is 121 Å². The molecule has 2 rings (SSSR count). The van der Waals surface area contributed by atoms with E-state index in [1.165, 1.54) is 0 Å². The van der Waals surface area contributed by atoms with Crippen LogP contribution in [0, 0.1) is 11.3 Å². The Morgan fingerprint density at radius 3 is 2.95 bits per heavy atom. The van der Waals surface area contributed by atoms with Crippen molar-refractivity contribution in [3.63, 3.8) is 0 Å². The standard InChI is InChI=1S/C13H24N2O3.ClH/c1-12(2,3)18-11(16)15-9-13-4-5-17-7-10(13)6-14-8-13;/h10,14H,4-9H2,1-3H3,(H,15,16);1H. The number of nitrogens with one attached hydrogen (secondary N) is 2. The van der Waals surface area contributed by atoms with Gasteiger partial charge in [0.05, 0.1) is 6.61 Å². The molecule has 0 aromatic rings. The summed E-state index contributed by atoms with van der Waals surface area (Å²) in [6.45, 7) is 9.81. The first-order chi connectivity index (χ1) is 8.41. The zero-order valence-corrected chi connectivity index (χ0v) is 12.8. The fraction of sp³-hybridized carbons (Fsp3) is 0.923. The highest BCUT2D eigenvalue weighted by Crippen LogP contribution is 2.37. The third-order valence-corrected chi connectivity index (χ3v) is 3.78. The second kappa shape index (κ2) is 6.29. The predicted molar refractivity (Wildman–Crippen MR) is 75.7 cm³/mol. The van der Waals surface area contributed by atoms with Gasteiger partial charge in [-0.2, -0.15) is 0 Å². The van der Waals surface area contributed by atoms with Gasteiger partial charge in [-0.1, -0.05) is 0 Å². The topological polar surface area (TPSA) is 59.6 Å². The molecular formula is C13H25ClN2O3. The first kappa shape index (κ1) is 16.5. The van der Waals surface area contributed by atoms with E-state index in [0.29, 0.717) is 12.5 Å². The molecule has 2 saturated heterocycles. The summed E-state index contributed by atoms with van der Waals surface area (Å²) in [7, 11) is 0. The van der Waals surface area contributed by atoms with Crippen LogP contribution in [0.5, 0.6) is 0 Å². The Hall–Kier alpha value is -0.520. The monoisotopic (exact) mass is 292 g/mol. The van der Waals surface area contributed by atoms with Gasteiger partial charge in [0.1, 0.15) is 5.60 Å². The molecule has 2 aliphatic heterocycles. The van der Waals surface area contributed by atoms with Crippen LogP contribution in [0.2, 0.25) is 0 Å². The first-order valence-corrected chi connectivity index (χ1v) is 6.67. The van der Waals surface area contributed by atoms with E-state index in [2.05, 4.69) is 10.6 Å². The number of alkyl carbamates (subject to hydrolysis) is 1. The van der Waals surface area contributed by atoms with E-state index in [-0.39, 0.29) is 23.9 Å². The number of carbonyl (C=O) groups excluding carboxylic acids is 1. The maximum absolute atomic E-state index is 11.7. The number of amides is 1. The largest absolute Gasteiger partial charge is 0.444 e. The van der Waals surface area contributed by atoms with E-state index >= 15 is 0 Å². The van der Waals surface area contributed by atoms with Crippen LogP contribution in [-0.2, 0) is 9.47 Å². The van der Waals surface area contributed by atoms with Crippen molar-refractivity contribution in [3.8, 4) is 0 Å².